The van der Waals surface area contributed by atoms with Crippen LogP contribution in [-0.2, 0) is 23.7 Å². The van der Waals surface area contributed by atoms with Crippen molar-refractivity contribution in [3.05, 3.63) is 23.8 Å². The van der Waals surface area contributed by atoms with E-state index >= 15 is 0 Å². The van der Waals surface area contributed by atoms with Gasteiger partial charge in [-0.2, -0.15) is 0 Å². The molecule has 0 radical (unpaired) electrons. The molecule has 3 fully saturated rings. The summed E-state index contributed by atoms with van der Waals surface area (Å²) in [6.45, 7) is 9.69. The molecule has 3 rings (SSSR count). The van der Waals surface area contributed by atoms with Gasteiger partial charge in [-0.05, 0) is 34.1 Å². The first-order valence-electron chi connectivity index (χ1n) is 11.0. The Kier molecular flexibility index (Phi) is 7.74. The Morgan fingerprint density at radius 1 is 1.30 bits per heavy atom. The normalized spacial score (nSPS) is 34.8. The van der Waals surface area contributed by atoms with Crippen LogP contribution in [0.5, 0.6) is 0 Å². The summed E-state index contributed by atoms with van der Waals surface area (Å²) in [6, 6.07) is -0.142. The predicted molar refractivity (Wildman–Crippen MR) is 113 cm³/mol. The summed E-state index contributed by atoms with van der Waals surface area (Å²) in [5.41, 5.74) is 1.00. The fraction of sp³-hybridized carbons (Fsp3) is 0.783. The van der Waals surface area contributed by atoms with Crippen molar-refractivity contribution in [2.24, 2.45) is 0 Å². The molecular weight excluding hydrogens is 386 g/mol. The molecule has 0 saturated carbocycles. The van der Waals surface area contributed by atoms with Gasteiger partial charge in [0.15, 0.2) is 6.29 Å². The van der Waals surface area contributed by atoms with E-state index in [0.29, 0.717) is 32.5 Å². The van der Waals surface area contributed by atoms with E-state index in [1.807, 2.05) is 0 Å². The van der Waals surface area contributed by atoms with Gasteiger partial charge in [-0.25, -0.2) is 0 Å². The van der Waals surface area contributed by atoms with E-state index in [0.717, 1.165) is 25.0 Å². The highest BCUT2D eigenvalue weighted by atomic mass is 16.7. The predicted octanol–water partition coefficient (Wildman–Crippen LogP) is 2.62. The third kappa shape index (κ3) is 7.46. The van der Waals surface area contributed by atoms with Crippen LogP contribution in [0.4, 0.5) is 0 Å². The SMILES string of the molecule is CC(C=C[C@@H]1C[C@]2(CO2)CC(C)(C)O1)=CCC1OCC(NC(=O)CC[C@H](C)O)CO1. The van der Waals surface area contributed by atoms with Crippen LogP contribution in [0.25, 0.3) is 0 Å². The lowest BCUT2D eigenvalue weighted by Gasteiger charge is -2.38. The fourth-order valence-corrected chi connectivity index (χ4v) is 4.15. The molecule has 3 aliphatic rings. The first-order valence-corrected chi connectivity index (χ1v) is 11.0. The van der Waals surface area contributed by atoms with Crippen LogP contribution in [0.15, 0.2) is 23.8 Å². The molecule has 3 aliphatic heterocycles. The lowest BCUT2D eigenvalue weighted by molar-refractivity contribution is -0.188. The maximum Gasteiger partial charge on any atom is 0.220 e. The Morgan fingerprint density at radius 2 is 2.00 bits per heavy atom. The van der Waals surface area contributed by atoms with Gasteiger partial charge in [0.1, 0.15) is 0 Å². The number of hydrogen-bond donors (Lipinski definition) is 2. The molecule has 7 heteroatoms. The van der Waals surface area contributed by atoms with Gasteiger partial charge in [0.25, 0.3) is 0 Å². The molecule has 0 aromatic carbocycles. The summed E-state index contributed by atoms with van der Waals surface area (Å²) in [6.07, 6.45) is 8.90. The summed E-state index contributed by atoms with van der Waals surface area (Å²) in [7, 11) is 0. The van der Waals surface area contributed by atoms with E-state index in [1.165, 1.54) is 0 Å². The minimum absolute atomic E-state index is 0.0282. The second-order valence-electron chi connectivity index (χ2n) is 9.56. The highest BCUT2D eigenvalue weighted by Crippen LogP contribution is 2.46. The standard InChI is InChI=1S/C23H37NO6/c1-16(5-8-19-11-23(15-29-23)14-22(3,4)30-19)6-10-21-27-12-18(13-28-21)24-20(26)9-7-17(2)25/h5-6,8,17-19,21,25H,7,9-15H2,1-4H3,(H,24,26)/t17-,18?,19+,21?,23+/m0/s1. The molecule has 7 nitrogen and oxygen atoms in total. The van der Waals surface area contributed by atoms with Gasteiger partial charge in [0.05, 0.1) is 49.3 Å². The molecule has 3 saturated heterocycles. The van der Waals surface area contributed by atoms with Gasteiger partial charge in [-0.3, -0.25) is 4.79 Å². The molecule has 30 heavy (non-hydrogen) atoms. The summed E-state index contributed by atoms with van der Waals surface area (Å²) in [4.78, 5) is 11.8. The number of nitrogens with one attached hydrogen (secondary N) is 1. The fourth-order valence-electron chi connectivity index (χ4n) is 4.15. The maximum atomic E-state index is 11.8. The highest BCUT2D eigenvalue weighted by Gasteiger charge is 2.53. The molecule has 0 aromatic rings. The zero-order chi connectivity index (χ0) is 21.8. The van der Waals surface area contributed by atoms with Gasteiger partial charge in [0.2, 0.25) is 5.91 Å². The van der Waals surface area contributed by atoms with E-state index in [-0.39, 0.29) is 35.5 Å². The molecular formula is C23H37NO6. The van der Waals surface area contributed by atoms with Crippen molar-refractivity contribution in [1.29, 1.82) is 0 Å². The minimum atomic E-state index is -0.470. The van der Waals surface area contributed by atoms with Crippen molar-refractivity contribution >= 4 is 5.91 Å². The summed E-state index contributed by atoms with van der Waals surface area (Å²) < 4.78 is 23.3. The zero-order valence-corrected chi connectivity index (χ0v) is 18.7. The molecule has 3 heterocycles. The molecule has 0 bridgehead atoms. The molecule has 0 unspecified atom stereocenters. The van der Waals surface area contributed by atoms with Crippen molar-refractivity contribution in [1.82, 2.24) is 5.32 Å². The summed E-state index contributed by atoms with van der Waals surface area (Å²) in [5, 5.41) is 12.1. The molecule has 2 N–H and O–H groups in total. The number of aliphatic hydroxyl groups is 1. The van der Waals surface area contributed by atoms with Gasteiger partial charge < -0.3 is 29.4 Å². The number of allylic oxidation sites excluding steroid dienone is 2. The van der Waals surface area contributed by atoms with Gasteiger partial charge in [0, 0.05) is 25.7 Å². The third-order valence-electron chi connectivity index (χ3n) is 5.67. The molecule has 1 spiro atoms. The highest BCUT2D eigenvalue weighted by molar-refractivity contribution is 5.76. The van der Waals surface area contributed by atoms with E-state index in [4.69, 9.17) is 18.9 Å². The molecule has 3 atom stereocenters. The van der Waals surface area contributed by atoms with Crippen molar-refractivity contribution in [2.45, 2.75) is 95.5 Å². The van der Waals surface area contributed by atoms with Crippen molar-refractivity contribution < 1.29 is 28.8 Å². The Balaban J connectivity index is 1.37. The average molecular weight is 424 g/mol. The van der Waals surface area contributed by atoms with Gasteiger partial charge in [-0.15, -0.1) is 0 Å². The monoisotopic (exact) mass is 423 g/mol. The van der Waals surface area contributed by atoms with Crippen LogP contribution in [0.2, 0.25) is 0 Å². The Labute approximate surface area is 179 Å². The van der Waals surface area contributed by atoms with Crippen LogP contribution >= 0.6 is 0 Å². The topological polar surface area (TPSA) is 89.5 Å². The third-order valence-corrected chi connectivity index (χ3v) is 5.67. The molecule has 170 valence electrons. The number of aliphatic hydroxyl groups excluding tert-OH is 1. The number of carbonyl (C=O) groups excluding carboxylic acids is 1. The zero-order valence-electron chi connectivity index (χ0n) is 18.7. The minimum Gasteiger partial charge on any atom is -0.393 e. The Bertz CT molecular complexity index is 638. The number of ether oxygens (including phenoxy) is 4. The number of rotatable bonds is 8. The average Bonchev–Trinajstić information content (AvgIpc) is 3.40. The first-order chi connectivity index (χ1) is 14.1. The second-order valence-corrected chi connectivity index (χ2v) is 9.56. The first kappa shape index (κ1) is 23.4. The van der Waals surface area contributed by atoms with Crippen molar-refractivity contribution in [2.75, 3.05) is 19.8 Å². The number of epoxide rings is 1. The van der Waals surface area contributed by atoms with Gasteiger partial charge >= 0.3 is 0 Å². The molecule has 0 aliphatic carbocycles. The van der Waals surface area contributed by atoms with Crippen LogP contribution in [0.3, 0.4) is 0 Å². The quantitative estimate of drug-likeness (QED) is 0.461. The summed E-state index contributed by atoms with van der Waals surface area (Å²) >= 11 is 0. The van der Waals surface area contributed by atoms with Crippen LogP contribution in [0, 0.1) is 0 Å². The van der Waals surface area contributed by atoms with Crippen LogP contribution in [0.1, 0.15) is 59.8 Å². The lowest BCUT2D eigenvalue weighted by Crippen LogP contribution is -2.47. The largest absolute Gasteiger partial charge is 0.393 e. The molecule has 1 amide bonds. The smallest absolute Gasteiger partial charge is 0.220 e. The van der Waals surface area contributed by atoms with Crippen LogP contribution < -0.4 is 5.32 Å². The van der Waals surface area contributed by atoms with E-state index in [9.17, 15) is 9.90 Å². The Hall–Kier alpha value is -1.25. The molecule has 0 aromatic heterocycles. The van der Waals surface area contributed by atoms with Crippen LogP contribution in [-0.4, -0.2) is 66.6 Å². The van der Waals surface area contributed by atoms with Gasteiger partial charge in [-0.1, -0.05) is 23.8 Å². The van der Waals surface area contributed by atoms with Crippen molar-refractivity contribution in [3.63, 3.8) is 0 Å². The van der Waals surface area contributed by atoms with E-state index in [2.05, 4.69) is 44.3 Å². The second kappa shape index (κ2) is 9.92. The number of amides is 1. The lowest BCUT2D eigenvalue weighted by atomic mass is 9.85. The summed E-state index contributed by atoms with van der Waals surface area (Å²) in [5.74, 6) is -0.0843. The van der Waals surface area contributed by atoms with Crippen molar-refractivity contribution in [3.8, 4) is 0 Å². The number of carbonyl (C=O) groups is 1. The van der Waals surface area contributed by atoms with E-state index in [1.54, 1.807) is 6.92 Å². The Morgan fingerprint density at radius 3 is 2.63 bits per heavy atom. The maximum absolute atomic E-state index is 11.8. The van der Waals surface area contributed by atoms with E-state index < -0.39 is 6.10 Å². The number of hydrogen-bond acceptors (Lipinski definition) is 6.